The normalized spacial score (nSPS) is 21.2. The van der Waals surface area contributed by atoms with Crippen molar-refractivity contribution in [3.63, 3.8) is 0 Å². The number of carbonyl (C=O) groups is 4. The van der Waals surface area contributed by atoms with E-state index >= 15 is 0 Å². The second-order valence-electron chi connectivity index (χ2n) is 24.7. The zero-order chi connectivity index (χ0) is 66.4. The number of alkyl halides is 2. The summed E-state index contributed by atoms with van der Waals surface area (Å²) in [5.41, 5.74) is -7.15. The van der Waals surface area contributed by atoms with Crippen molar-refractivity contribution in [1.82, 2.24) is 27.8 Å². The summed E-state index contributed by atoms with van der Waals surface area (Å²) >= 11 is 0. The number of H-pyrrole nitrogens is 1. The lowest BCUT2D eigenvalue weighted by Crippen LogP contribution is -2.47. The monoisotopic (exact) mass is 1330 g/mol. The minimum atomic E-state index is -1.12. The van der Waals surface area contributed by atoms with E-state index in [9.17, 15) is 61.8 Å². The topological polar surface area (TPSA) is 342 Å². The fraction of sp³-hybridized carbons (Fsp3) is 0.729. The number of hydrogen-bond donors (Lipinski definition) is 2. The number of aryl methyl sites for hydroxylation is 3. The number of aliphatic hydroxyl groups excluding tert-OH is 1. The second-order valence-corrected chi connectivity index (χ2v) is 24.7. The van der Waals surface area contributed by atoms with Crippen LogP contribution < -0.4 is 33.7 Å². The van der Waals surface area contributed by atoms with Gasteiger partial charge in [-0.15, -0.1) is 12.4 Å². The summed E-state index contributed by atoms with van der Waals surface area (Å²) in [5, 5.41) is 9.22. The third kappa shape index (κ3) is 24.8. The second kappa shape index (κ2) is 35.4. The van der Waals surface area contributed by atoms with Gasteiger partial charge in [0.25, 0.3) is 16.7 Å². The molecule has 3 aliphatic rings. The Labute approximate surface area is 532 Å². The molecule has 9 atom stereocenters. The van der Waals surface area contributed by atoms with Gasteiger partial charge >= 0.3 is 41.6 Å². The molecule has 0 bridgehead atoms. The number of rotatable bonds is 17. The van der Waals surface area contributed by atoms with Gasteiger partial charge < -0.3 is 61.9 Å². The molecule has 2 N–H and O–H groups in total. The quantitative estimate of drug-likeness (QED) is 0.101. The summed E-state index contributed by atoms with van der Waals surface area (Å²) in [6.07, 6.45) is -4.90. The summed E-state index contributed by atoms with van der Waals surface area (Å²) in [5.74, 6) is 0. The van der Waals surface area contributed by atoms with Crippen molar-refractivity contribution in [3.8, 4) is 0 Å². The van der Waals surface area contributed by atoms with Gasteiger partial charge in [0, 0.05) is 61.2 Å². The molecule has 0 amide bonds. The predicted octanol–water partition coefficient (Wildman–Crippen LogP) is 7.01. The Morgan fingerprint density at radius 2 is 0.868 bits per heavy atom. The highest BCUT2D eigenvalue weighted by molar-refractivity contribution is 5.85. The average molecular weight is 1330 g/mol. The number of ether oxygens (including phenoxy) is 12. The predicted molar refractivity (Wildman–Crippen MR) is 328 cm³/mol. The molecule has 3 aromatic heterocycles. The van der Waals surface area contributed by atoms with E-state index in [1.54, 1.807) is 90.0 Å². The van der Waals surface area contributed by atoms with Gasteiger partial charge in [0.2, 0.25) is 0 Å². The SMILES string of the molecule is C.C.CCCO[C@H]1CC(n2cc(C)c(=O)n(C(=O)OC(C)(C)C)c2=O)O[C@@H]1COC(=O)OC(C)(C)C.Cc1cn(C2C[C@H](OCC[18F])[C@@H](CO)O2)c(=O)[nH]c1=O.Cc1cn([C@H]2C[C@H](OCC[18F])[C@@H](COC(=O)OC(C)(C)C)O2)c(=O)n(C(=O)OC(C)(C)C)c1=O.Cl. The minimum absolute atomic E-state index is 0. The van der Waals surface area contributed by atoms with E-state index < -0.39 is 149 Å². The Bertz CT molecular complexity index is 3080. The Morgan fingerprint density at radius 3 is 1.21 bits per heavy atom. The number of nitrogens with zero attached hydrogens (tertiary/aromatic N) is 5. The number of carbonyl (C=O) groups excluding carboxylic acids is 4. The maximum Gasteiger partial charge on any atom is 0.508 e. The molecule has 0 radical (unpaired) electrons. The van der Waals surface area contributed by atoms with Crippen molar-refractivity contribution in [2.24, 2.45) is 0 Å². The van der Waals surface area contributed by atoms with Gasteiger partial charge in [0.05, 0.1) is 38.1 Å². The highest BCUT2D eigenvalue weighted by Crippen LogP contribution is 2.33. The summed E-state index contributed by atoms with van der Waals surface area (Å²) in [4.78, 5) is 125. The Hall–Kier alpha value is -6.61. The number of aromatic amines is 1. The van der Waals surface area contributed by atoms with Gasteiger partial charge in [-0.2, -0.15) is 9.13 Å². The maximum atomic E-state index is 13.1. The highest BCUT2D eigenvalue weighted by atomic mass is 35.5. The lowest BCUT2D eigenvalue weighted by molar-refractivity contribution is -0.0814. The van der Waals surface area contributed by atoms with E-state index in [4.69, 9.17) is 56.8 Å². The van der Waals surface area contributed by atoms with Gasteiger partial charge in [-0.05, 0) is 110 Å². The largest absolute Gasteiger partial charge is 0.508 e. The Kier molecular flexibility index (Phi) is 32.1. The van der Waals surface area contributed by atoms with Gasteiger partial charge in [-0.1, -0.05) is 21.8 Å². The third-order valence-electron chi connectivity index (χ3n) is 12.4. The van der Waals surface area contributed by atoms with Crippen molar-refractivity contribution >= 4 is 36.9 Å². The van der Waals surface area contributed by atoms with E-state index in [1.165, 1.54) is 37.0 Å². The van der Waals surface area contributed by atoms with Crippen LogP contribution in [0, 0.1) is 20.8 Å². The molecule has 0 aromatic carbocycles. The molecule has 0 aliphatic carbocycles. The summed E-state index contributed by atoms with van der Waals surface area (Å²) in [6.45, 7) is 24.4. The lowest BCUT2D eigenvalue weighted by atomic mass is 10.2. The van der Waals surface area contributed by atoms with E-state index in [-0.39, 0.29) is 84.3 Å². The number of hydrogen-bond acceptors (Lipinski definition) is 23. The van der Waals surface area contributed by atoms with Crippen LogP contribution in [0.5, 0.6) is 0 Å². The van der Waals surface area contributed by atoms with Crippen molar-refractivity contribution < 1.29 is 89.9 Å². The van der Waals surface area contributed by atoms with Crippen molar-refractivity contribution in [2.75, 3.05) is 53.0 Å². The summed E-state index contributed by atoms with van der Waals surface area (Å²) in [6, 6.07) is 0. The lowest BCUT2D eigenvalue weighted by Gasteiger charge is -2.22. The summed E-state index contributed by atoms with van der Waals surface area (Å²) < 4.78 is 94.1. The Morgan fingerprint density at radius 1 is 0.538 bits per heavy atom. The number of halogens is 3. The van der Waals surface area contributed by atoms with Crippen LogP contribution in [0.4, 0.5) is 28.0 Å². The molecule has 2 unspecified atom stereocenters. The summed E-state index contributed by atoms with van der Waals surface area (Å²) in [7, 11) is 0. The van der Waals surface area contributed by atoms with E-state index in [0.29, 0.717) is 27.7 Å². The molecule has 3 fully saturated rings. The molecule has 32 heteroatoms. The number of nitrogens with one attached hydrogen (secondary N) is 1. The molecular formula is C59H95ClF2N6O23. The molecule has 29 nitrogen and oxygen atoms in total. The molecule has 3 aromatic rings. The first-order valence-electron chi connectivity index (χ1n) is 28.6. The third-order valence-corrected chi connectivity index (χ3v) is 12.4. The Balaban J connectivity index is 0.000000693. The van der Waals surface area contributed by atoms with Gasteiger partial charge in [0.1, 0.15) is 86.0 Å². The van der Waals surface area contributed by atoms with Crippen LogP contribution in [0.15, 0.2) is 47.4 Å². The molecule has 91 heavy (non-hydrogen) atoms. The zero-order valence-electron chi connectivity index (χ0n) is 53.2. The number of aromatic nitrogens is 6. The van der Waals surface area contributed by atoms with Crippen molar-refractivity contribution in [1.29, 1.82) is 0 Å². The minimum Gasteiger partial charge on any atom is -0.443 e. The fourth-order valence-corrected chi connectivity index (χ4v) is 8.67. The molecule has 3 saturated heterocycles. The molecule has 0 spiro atoms. The van der Waals surface area contributed by atoms with E-state index in [1.807, 2.05) is 6.92 Å². The van der Waals surface area contributed by atoms with Gasteiger partial charge in [-0.3, -0.25) is 33.1 Å². The molecule has 3 aliphatic heterocycles. The van der Waals surface area contributed by atoms with Crippen LogP contribution in [0.25, 0.3) is 0 Å². The first-order valence-corrected chi connectivity index (χ1v) is 28.6. The average Bonchev–Trinajstić information content (AvgIpc) is 1.79. The van der Waals surface area contributed by atoms with Gasteiger partial charge in [0.15, 0.2) is 0 Å². The van der Waals surface area contributed by atoms with Crippen molar-refractivity contribution in [2.45, 2.75) is 229 Å². The zero-order valence-corrected chi connectivity index (χ0v) is 54.1. The van der Waals surface area contributed by atoms with Gasteiger partial charge in [-0.25, -0.2) is 42.3 Å². The number of aliphatic hydroxyl groups is 1. The molecule has 520 valence electrons. The van der Waals surface area contributed by atoms with Crippen LogP contribution in [0.2, 0.25) is 0 Å². The van der Waals surface area contributed by atoms with Crippen LogP contribution >= 0.6 is 12.4 Å². The van der Waals surface area contributed by atoms with Crippen LogP contribution in [0.1, 0.15) is 166 Å². The first kappa shape index (κ1) is 82.4. The van der Waals surface area contributed by atoms with E-state index in [2.05, 4.69) is 4.98 Å². The maximum absolute atomic E-state index is 13.1. The molecule has 0 saturated carbocycles. The molecule has 6 heterocycles. The van der Waals surface area contributed by atoms with Crippen LogP contribution in [-0.2, 0) is 56.8 Å². The highest BCUT2D eigenvalue weighted by Gasteiger charge is 2.42. The van der Waals surface area contributed by atoms with Crippen LogP contribution in [0.3, 0.4) is 0 Å². The standard InChI is InChI=1S/C23H36N2O9.C22H33FN2O9.C12H17FN2O5.2CH4.ClH/c1-9-10-30-15-11-17(32-16(15)13-31-21(29)34-23(6,7)8)24-12-14(2)18(26)25(19(24)27)20(28)33-22(3,4)5;1-13-11-24(18(27)25(17(13)26)19(28)33-21(2,3)4)16-10-14(30-9-8-23)15(32-16)12-31-20(29)34-22(5,6)7;1-7-5-15(12(18)14-11(7)17)10-4-8(19-3-2-13)9(6-16)20-10;;;/h12,15-17H,9-11,13H2,1-8H3;11,14-16H,8-10,12H2,1-7H3;5,8-10,16H,2-4,6H2,1H3,(H,14,17,18);2*1H4;1H/t15-,16+,17?;14-,15+,16+;8-,9+,10?;;;/m000.../s1/i;23-1;13-1;;;. The van der Waals surface area contributed by atoms with Crippen molar-refractivity contribution in [3.05, 3.63) is 97.8 Å². The fourth-order valence-electron chi connectivity index (χ4n) is 8.67. The van der Waals surface area contributed by atoms with E-state index in [0.717, 1.165) is 15.6 Å². The first-order chi connectivity index (χ1) is 40.8. The molecule has 6 rings (SSSR count). The smallest absolute Gasteiger partial charge is 0.443 e. The molecular weight excluding hydrogens is 1230 g/mol. The van der Waals surface area contributed by atoms with Crippen LogP contribution in [-0.4, -0.2) is 169 Å².